The summed E-state index contributed by atoms with van der Waals surface area (Å²) in [6.45, 7) is -0.0529. The van der Waals surface area contributed by atoms with E-state index in [9.17, 15) is 23.1 Å². The van der Waals surface area contributed by atoms with Gasteiger partial charge in [-0.05, 0) is 42.9 Å². The number of hydrogen-bond donors (Lipinski definition) is 3. The molecule has 1 saturated carbocycles. The van der Waals surface area contributed by atoms with Crippen molar-refractivity contribution < 1.29 is 23.1 Å². The molecule has 12 heteroatoms. The maximum Gasteiger partial charge on any atom is 0.258 e. The molecule has 0 radical (unpaired) electrons. The highest BCUT2D eigenvalue weighted by Crippen LogP contribution is 2.36. The minimum absolute atomic E-state index is 0.0102. The third-order valence-electron chi connectivity index (χ3n) is 5.49. The van der Waals surface area contributed by atoms with Crippen LogP contribution in [-0.4, -0.2) is 49.3 Å². The number of nitrogens with zero attached hydrogens (tertiary/aromatic N) is 4. The minimum Gasteiger partial charge on any atom is -0.391 e. The Morgan fingerprint density at radius 2 is 2.03 bits per heavy atom. The number of ketones is 1. The van der Waals surface area contributed by atoms with E-state index in [2.05, 4.69) is 20.7 Å². The Morgan fingerprint density at radius 3 is 2.78 bits per heavy atom. The summed E-state index contributed by atoms with van der Waals surface area (Å²) in [5.41, 5.74) is 0.0562. The van der Waals surface area contributed by atoms with Crippen LogP contribution in [0.3, 0.4) is 0 Å². The summed E-state index contributed by atoms with van der Waals surface area (Å²) in [4.78, 5) is 18.2. The first-order chi connectivity index (χ1) is 15.3. The highest BCUT2D eigenvalue weighted by molar-refractivity contribution is 7.80. The van der Waals surface area contributed by atoms with Crippen molar-refractivity contribution in [1.82, 2.24) is 19.9 Å². The molecule has 1 aliphatic carbocycles. The Balaban J connectivity index is 1.48. The average molecular weight is 462 g/mol. The van der Waals surface area contributed by atoms with Gasteiger partial charge in [0.1, 0.15) is 23.1 Å². The molecule has 1 saturated heterocycles. The van der Waals surface area contributed by atoms with Gasteiger partial charge in [-0.1, -0.05) is 0 Å². The summed E-state index contributed by atoms with van der Waals surface area (Å²) in [6, 6.07) is 3.66. The molecule has 1 aliphatic heterocycles. The SMILES string of the molecule is O=C1CC(c2cc(F)ccc2F)N(c2ccn3nc(F)c(NC(=S)N[C@@H]4C[C@H]4O)c3n2)C1. The third kappa shape index (κ3) is 3.75. The standard InChI is InChI=1S/C20H17F3N6O2S/c21-9-1-2-12(22)11(5-9)14-6-10(30)8-28(14)16-3-4-29-19(25-16)17(18(23)27-29)26-20(32)24-13-7-15(13)31/h1-5,13-15,31H,6-8H2,(H2,24,26,32)/t13-,14?,15-/m1/s1. The fraction of sp³-hybridized carbons (Fsp3) is 0.300. The molecule has 0 spiro atoms. The van der Waals surface area contributed by atoms with E-state index in [0.29, 0.717) is 6.42 Å². The normalized spacial score (nSPS) is 22.4. The Labute approximate surface area is 185 Å². The second kappa shape index (κ2) is 7.71. The van der Waals surface area contributed by atoms with Gasteiger partial charge in [-0.25, -0.2) is 18.3 Å². The zero-order valence-corrected chi connectivity index (χ0v) is 17.2. The second-order valence-electron chi connectivity index (χ2n) is 7.78. The van der Waals surface area contributed by atoms with Crippen LogP contribution in [0.25, 0.3) is 5.65 Å². The summed E-state index contributed by atoms with van der Waals surface area (Å²) >= 11 is 5.16. The number of aliphatic hydroxyl groups is 1. The molecule has 5 rings (SSSR count). The predicted octanol–water partition coefficient (Wildman–Crippen LogP) is 2.09. The number of nitrogens with one attached hydrogen (secondary N) is 2. The monoisotopic (exact) mass is 462 g/mol. The quantitative estimate of drug-likeness (QED) is 0.508. The van der Waals surface area contributed by atoms with Crippen molar-refractivity contribution in [2.75, 3.05) is 16.8 Å². The molecule has 8 nitrogen and oxygen atoms in total. The van der Waals surface area contributed by atoms with Gasteiger partial charge >= 0.3 is 0 Å². The molecule has 2 fully saturated rings. The zero-order valence-electron chi connectivity index (χ0n) is 16.4. The third-order valence-corrected chi connectivity index (χ3v) is 5.71. The van der Waals surface area contributed by atoms with E-state index in [1.807, 2.05) is 0 Å². The van der Waals surface area contributed by atoms with E-state index in [-0.39, 0.29) is 52.6 Å². The number of aromatic nitrogens is 3. The number of carbonyl (C=O) groups excluding carboxylic acids is 1. The molecule has 1 unspecified atom stereocenters. The van der Waals surface area contributed by atoms with Gasteiger partial charge in [-0.3, -0.25) is 4.79 Å². The molecular formula is C20H17F3N6O2S. The summed E-state index contributed by atoms with van der Waals surface area (Å²) in [5.74, 6) is -1.98. The number of anilines is 2. The largest absolute Gasteiger partial charge is 0.391 e. The average Bonchev–Trinajstić information content (AvgIpc) is 3.15. The number of thiocarbonyl (C=S) groups is 1. The number of benzene rings is 1. The number of rotatable bonds is 4. The molecule has 0 bridgehead atoms. The van der Waals surface area contributed by atoms with Crippen LogP contribution in [0.2, 0.25) is 0 Å². The molecule has 32 heavy (non-hydrogen) atoms. The first-order valence-corrected chi connectivity index (χ1v) is 10.2. The van der Waals surface area contributed by atoms with E-state index in [1.54, 1.807) is 4.90 Å². The minimum atomic E-state index is -0.847. The Kier molecular flexibility index (Phi) is 4.97. The van der Waals surface area contributed by atoms with E-state index < -0.39 is 29.7 Å². The maximum absolute atomic E-state index is 14.5. The van der Waals surface area contributed by atoms with Gasteiger partial charge < -0.3 is 20.6 Å². The number of Topliss-reactive ketones (excluding diaryl/α,β-unsaturated/α-hetero) is 1. The molecular weight excluding hydrogens is 445 g/mol. The predicted molar refractivity (Wildman–Crippen MR) is 113 cm³/mol. The summed E-state index contributed by atoms with van der Waals surface area (Å²) < 4.78 is 43.8. The van der Waals surface area contributed by atoms with Crippen LogP contribution in [-0.2, 0) is 4.79 Å². The van der Waals surface area contributed by atoms with Gasteiger partial charge in [-0.15, -0.1) is 5.10 Å². The van der Waals surface area contributed by atoms with Crippen LogP contribution in [0, 0.1) is 17.6 Å². The number of halogens is 3. The van der Waals surface area contributed by atoms with Crippen molar-refractivity contribution in [3.05, 3.63) is 53.6 Å². The van der Waals surface area contributed by atoms with Crippen LogP contribution in [0.15, 0.2) is 30.5 Å². The highest BCUT2D eigenvalue weighted by atomic mass is 32.1. The van der Waals surface area contributed by atoms with Crippen molar-refractivity contribution in [3.63, 3.8) is 0 Å². The maximum atomic E-state index is 14.5. The second-order valence-corrected chi connectivity index (χ2v) is 8.19. The van der Waals surface area contributed by atoms with Gasteiger partial charge in [-0.2, -0.15) is 4.39 Å². The lowest BCUT2D eigenvalue weighted by Gasteiger charge is -2.25. The van der Waals surface area contributed by atoms with Crippen molar-refractivity contribution >= 4 is 40.3 Å². The Bertz CT molecular complexity index is 1250. The lowest BCUT2D eigenvalue weighted by Crippen LogP contribution is -2.32. The van der Waals surface area contributed by atoms with Gasteiger partial charge in [0.15, 0.2) is 16.5 Å². The van der Waals surface area contributed by atoms with Crippen molar-refractivity contribution in [3.8, 4) is 0 Å². The molecule has 3 heterocycles. The fourth-order valence-electron chi connectivity index (χ4n) is 3.79. The molecule has 2 aromatic heterocycles. The van der Waals surface area contributed by atoms with Crippen LogP contribution in [0.5, 0.6) is 0 Å². The topological polar surface area (TPSA) is 94.8 Å². The summed E-state index contributed by atoms with van der Waals surface area (Å²) in [6.07, 6.45) is 1.49. The van der Waals surface area contributed by atoms with Gasteiger partial charge in [0.25, 0.3) is 5.95 Å². The molecule has 1 aromatic carbocycles. The zero-order chi connectivity index (χ0) is 22.6. The van der Waals surface area contributed by atoms with E-state index >= 15 is 0 Å². The van der Waals surface area contributed by atoms with Crippen molar-refractivity contribution in [1.29, 1.82) is 0 Å². The van der Waals surface area contributed by atoms with Gasteiger partial charge in [0.05, 0.1) is 24.7 Å². The highest BCUT2D eigenvalue weighted by Gasteiger charge is 2.36. The van der Waals surface area contributed by atoms with Crippen LogP contribution >= 0.6 is 12.2 Å². The van der Waals surface area contributed by atoms with Crippen LogP contribution < -0.4 is 15.5 Å². The number of aliphatic hydroxyl groups excluding tert-OH is 1. The Morgan fingerprint density at radius 1 is 1.25 bits per heavy atom. The lowest BCUT2D eigenvalue weighted by molar-refractivity contribution is -0.116. The summed E-state index contributed by atoms with van der Waals surface area (Å²) in [7, 11) is 0. The smallest absolute Gasteiger partial charge is 0.258 e. The van der Waals surface area contributed by atoms with E-state index in [4.69, 9.17) is 12.2 Å². The van der Waals surface area contributed by atoms with Crippen molar-refractivity contribution in [2.24, 2.45) is 0 Å². The van der Waals surface area contributed by atoms with Gasteiger partial charge in [0.2, 0.25) is 0 Å². The molecule has 166 valence electrons. The number of hydrogen-bond acceptors (Lipinski definition) is 6. The molecule has 3 aromatic rings. The van der Waals surface area contributed by atoms with E-state index in [1.165, 1.54) is 16.8 Å². The fourth-order valence-corrected chi connectivity index (χ4v) is 4.05. The number of carbonyl (C=O) groups is 1. The lowest BCUT2D eigenvalue weighted by atomic mass is 10.0. The van der Waals surface area contributed by atoms with Crippen LogP contribution in [0.4, 0.5) is 24.7 Å². The Hall–Kier alpha value is -3.25. The molecule has 2 aliphatic rings. The molecule has 3 N–H and O–H groups in total. The first-order valence-electron chi connectivity index (χ1n) is 9.84. The van der Waals surface area contributed by atoms with Crippen molar-refractivity contribution in [2.45, 2.75) is 31.0 Å². The van der Waals surface area contributed by atoms with Gasteiger partial charge in [0, 0.05) is 18.2 Å². The first kappa shape index (κ1) is 20.6. The molecule has 3 atom stereocenters. The van der Waals surface area contributed by atoms with Crippen LogP contribution in [0.1, 0.15) is 24.4 Å². The van der Waals surface area contributed by atoms with E-state index in [0.717, 1.165) is 18.2 Å². The molecule has 0 amide bonds. The summed E-state index contributed by atoms with van der Waals surface area (Å²) in [5, 5.41) is 18.8. The number of fused-ring (bicyclic) bond motifs is 1.